The van der Waals surface area contributed by atoms with E-state index in [1.54, 1.807) is 12.1 Å². The Morgan fingerprint density at radius 1 is 0.867 bits per heavy atom. The Hall–Kier alpha value is -2.96. The maximum absolute atomic E-state index is 13.3. The van der Waals surface area contributed by atoms with E-state index in [1.165, 1.54) is 4.31 Å². The van der Waals surface area contributed by atoms with Crippen LogP contribution in [-0.4, -0.2) is 37.6 Å². The summed E-state index contributed by atoms with van der Waals surface area (Å²) in [4.78, 5) is 5.92. The van der Waals surface area contributed by atoms with Gasteiger partial charge >= 0.3 is 0 Å². The number of hydrogen-bond donors (Lipinski definition) is 0. The van der Waals surface area contributed by atoms with Crippen LogP contribution in [-0.2, 0) is 14.9 Å². The number of oxime groups is 1. The average Bonchev–Trinajstić information content (AvgIpc) is 3.37. The van der Waals surface area contributed by atoms with Crippen LogP contribution in [0.5, 0.6) is 0 Å². The molecule has 2 atom stereocenters. The Balaban J connectivity index is 1.38. The normalized spacial score (nSPS) is 21.2. The van der Waals surface area contributed by atoms with Crippen LogP contribution >= 0.6 is 0 Å². The Morgan fingerprint density at radius 3 is 2.27 bits per heavy atom. The van der Waals surface area contributed by atoms with Crippen molar-refractivity contribution < 1.29 is 13.3 Å². The summed E-state index contributed by atoms with van der Waals surface area (Å²) in [5.41, 5.74) is 5.03. The quantitative estimate of drug-likeness (QED) is 0.641. The minimum absolute atomic E-state index is 0.0514. The molecule has 1 saturated heterocycles. The molecule has 6 heteroatoms. The predicted octanol–water partition coefficient (Wildman–Crippen LogP) is 4.09. The van der Waals surface area contributed by atoms with E-state index in [9.17, 15) is 8.42 Å². The zero-order valence-corrected chi connectivity index (χ0v) is 17.4. The van der Waals surface area contributed by atoms with Gasteiger partial charge in [0.05, 0.1) is 23.1 Å². The number of benzene rings is 3. The van der Waals surface area contributed by atoms with Crippen LogP contribution in [0.25, 0.3) is 11.1 Å². The fraction of sp³-hybridized carbons (Fsp3) is 0.208. The summed E-state index contributed by atoms with van der Waals surface area (Å²) in [7, 11) is -3.60. The van der Waals surface area contributed by atoms with E-state index < -0.39 is 10.0 Å². The molecule has 5 nitrogen and oxygen atoms in total. The number of fused-ring (bicyclic) bond motifs is 1. The van der Waals surface area contributed by atoms with Gasteiger partial charge in [-0.15, -0.1) is 0 Å². The second-order valence-corrected chi connectivity index (χ2v) is 9.69. The third-order valence-electron chi connectivity index (χ3n) is 5.89. The average molecular weight is 419 g/mol. The zero-order chi connectivity index (χ0) is 20.7. The molecule has 0 aromatic heterocycles. The van der Waals surface area contributed by atoms with Crippen LogP contribution in [0, 0.1) is 12.8 Å². The van der Waals surface area contributed by atoms with Gasteiger partial charge in [0.15, 0.2) is 6.10 Å². The molecule has 152 valence electrons. The molecular formula is C24H22N2O3S. The van der Waals surface area contributed by atoms with Crippen LogP contribution in [0.2, 0.25) is 0 Å². The molecule has 1 fully saturated rings. The molecule has 2 aliphatic rings. The number of hydrogen-bond acceptors (Lipinski definition) is 4. The van der Waals surface area contributed by atoms with Gasteiger partial charge < -0.3 is 4.84 Å². The van der Waals surface area contributed by atoms with Crippen molar-refractivity contribution in [2.75, 3.05) is 13.1 Å². The second-order valence-electron chi connectivity index (χ2n) is 7.75. The van der Waals surface area contributed by atoms with E-state index in [0.717, 1.165) is 28.0 Å². The van der Waals surface area contributed by atoms with Crippen molar-refractivity contribution in [1.82, 2.24) is 4.31 Å². The lowest BCUT2D eigenvalue weighted by Gasteiger charge is -2.17. The molecule has 2 unspecified atom stereocenters. The molecule has 0 N–H and O–H groups in total. The Labute approximate surface area is 176 Å². The predicted molar refractivity (Wildman–Crippen MR) is 117 cm³/mol. The van der Waals surface area contributed by atoms with E-state index >= 15 is 0 Å². The first kappa shape index (κ1) is 19.0. The molecule has 3 aromatic carbocycles. The highest BCUT2D eigenvalue weighted by Crippen LogP contribution is 2.34. The Morgan fingerprint density at radius 2 is 1.53 bits per heavy atom. The van der Waals surface area contributed by atoms with Gasteiger partial charge in [-0.05, 0) is 35.7 Å². The first-order valence-corrected chi connectivity index (χ1v) is 11.4. The molecule has 0 radical (unpaired) electrons. The van der Waals surface area contributed by atoms with Gasteiger partial charge in [-0.2, -0.15) is 4.31 Å². The van der Waals surface area contributed by atoms with Crippen LogP contribution in [0.3, 0.4) is 0 Å². The van der Waals surface area contributed by atoms with Gasteiger partial charge in [-0.1, -0.05) is 71.9 Å². The Kier molecular flexibility index (Phi) is 4.68. The molecule has 5 rings (SSSR count). The van der Waals surface area contributed by atoms with Gasteiger partial charge in [0.25, 0.3) is 0 Å². The number of aryl methyl sites for hydroxylation is 1. The first-order chi connectivity index (χ1) is 14.5. The first-order valence-electron chi connectivity index (χ1n) is 9.99. The maximum atomic E-state index is 13.3. The van der Waals surface area contributed by atoms with Gasteiger partial charge in [-0.3, -0.25) is 0 Å². The topological polar surface area (TPSA) is 59.0 Å². The lowest BCUT2D eigenvalue weighted by molar-refractivity contribution is 0.0803. The maximum Gasteiger partial charge on any atom is 0.243 e. The molecule has 0 aliphatic carbocycles. The largest absolute Gasteiger partial charge is 0.390 e. The standard InChI is InChI=1S/C24H22N2O3S/c1-17-7-5-6-10-21(17)24-22-15-26(16-23(22)29-25-24)30(27,28)20-13-11-19(12-14-20)18-8-3-2-4-9-18/h2-14,22-23H,15-16H2,1H3. The molecular weight excluding hydrogens is 396 g/mol. The van der Waals surface area contributed by atoms with Crippen molar-refractivity contribution in [3.05, 3.63) is 90.0 Å². The molecule has 2 heterocycles. The molecule has 30 heavy (non-hydrogen) atoms. The number of nitrogens with zero attached hydrogens (tertiary/aromatic N) is 2. The minimum atomic E-state index is -3.60. The fourth-order valence-electron chi connectivity index (χ4n) is 4.21. The monoisotopic (exact) mass is 418 g/mol. The molecule has 0 spiro atoms. The van der Waals surface area contributed by atoms with Crippen LogP contribution in [0.15, 0.2) is 88.9 Å². The highest BCUT2D eigenvalue weighted by Gasteiger charge is 2.47. The summed E-state index contributed by atoms with van der Waals surface area (Å²) in [5, 5.41) is 4.28. The van der Waals surface area contributed by atoms with E-state index in [-0.39, 0.29) is 12.0 Å². The van der Waals surface area contributed by atoms with Gasteiger partial charge in [0, 0.05) is 12.1 Å². The molecule has 2 aliphatic heterocycles. The van der Waals surface area contributed by atoms with Gasteiger partial charge in [0.2, 0.25) is 10.0 Å². The lowest BCUT2D eigenvalue weighted by Crippen LogP contribution is -2.30. The summed E-state index contributed by atoms with van der Waals surface area (Å²) >= 11 is 0. The van der Waals surface area contributed by atoms with Crippen molar-refractivity contribution in [2.45, 2.75) is 17.9 Å². The summed E-state index contributed by atoms with van der Waals surface area (Å²) in [5.74, 6) is -0.0514. The minimum Gasteiger partial charge on any atom is -0.390 e. The van der Waals surface area contributed by atoms with Crippen molar-refractivity contribution >= 4 is 15.7 Å². The highest BCUT2D eigenvalue weighted by molar-refractivity contribution is 7.89. The highest BCUT2D eigenvalue weighted by atomic mass is 32.2. The molecule has 0 amide bonds. The van der Waals surface area contributed by atoms with E-state index in [1.807, 2.05) is 73.7 Å². The van der Waals surface area contributed by atoms with Crippen molar-refractivity contribution in [3.63, 3.8) is 0 Å². The smallest absolute Gasteiger partial charge is 0.243 e. The number of rotatable bonds is 4. The van der Waals surface area contributed by atoms with Gasteiger partial charge in [-0.25, -0.2) is 8.42 Å². The number of sulfonamides is 1. The summed E-state index contributed by atoms with van der Waals surface area (Å²) in [6.07, 6.45) is -0.238. The zero-order valence-electron chi connectivity index (χ0n) is 16.6. The van der Waals surface area contributed by atoms with Gasteiger partial charge in [0.1, 0.15) is 0 Å². The van der Waals surface area contributed by atoms with Crippen LogP contribution < -0.4 is 0 Å². The Bertz CT molecular complexity index is 1200. The van der Waals surface area contributed by atoms with E-state index in [0.29, 0.717) is 18.0 Å². The summed E-state index contributed by atoms with van der Waals surface area (Å²) < 4.78 is 28.0. The summed E-state index contributed by atoms with van der Waals surface area (Å²) in [6.45, 7) is 2.72. The fourth-order valence-corrected chi connectivity index (χ4v) is 5.68. The van der Waals surface area contributed by atoms with Crippen LogP contribution in [0.1, 0.15) is 11.1 Å². The van der Waals surface area contributed by atoms with Crippen molar-refractivity contribution in [1.29, 1.82) is 0 Å². The van der Waals surface area contributed by atoms with E-state index in [2.05, 4.69) is 5.16 Å². The SMILES string of the molecule is Cc1ccccc1C1=NOC2CN(S(=O)(=O)c3ccc(-c4ccccc4)cc3)CC12. The lowest BCUT2D eigenvalue weighted by atomic mass is 9.92. The molecule has 0 bridgehead atoms. The van der Waals surface area contributed by atoms with Crippen LogP contribution in [0.4, 0.5) is 0 Å². The third-order valence-corrected chi connectivity index (χ3v) is 7.74. The van der Waals surface area contributed by atoms with E-state index in [4.69, 9.17) is 4.84 Å². The third kappa shape index (κ3) is 3.22. The molecule has 0 saturated carbocycles. The van der Waals surface area contributed by atoms with Crippen molar-refractivity contribution in [3.8, 4) is 11.1 Å². The summed E-state index contributed by atoms with van der Waals surface area (Å²) in [6, 6.07) is 25.0. The van der Waals surface area contributed by atoms with Crippen molar-refractivity contribution in [2.24, 2.45) is 11.1 Å². The second kappa shape index (κ2) is 7.38. The molecule has 3 aromatic rings.